The second-order valence-corrected chi connectivity index (χ2v) is 9.73. The van der Waals surface area contributed by atoms with Crippen molar-refractivity contribution >= 4 is 21.8 Å². The first-order valence-electron chi connectivity index (χ1n) is 12.2. The molecule has 0 spiro atoms. The number of aromatic nitrogens is 7. The molecule has 1 aliphatic heterocycles. The summed E-state index contributed by atoms with van der Waals surface area (Å²) in [7, 11) is 3.98. The van der Waals surface area contributed by atoms with Gasteiger partial charge >= 0.3 is 0 Å². The van der Waals surface area contributed by atoms with Crippen LogP contribution in [0.1, 0.15) is 24.0 Å². The molecule has 4 aromatic heterocycles. The summed E-state index contributed by atoms with van der Waals surface area (Å²) in [6.07, 6.45) is -0.0981. The molecule has 0 saturated carbocycles. The molecule has 36 heavy (non-hydrogen) atoms. The van der Waals surface area contributed by atoms with Gasteiger partial charge in [0, 0.05) is 36.5 Å². The van der Waals surface area contributed by atoms with Crippen molar-refractivity contribution in [1.29, 1.82) is 0 Å². The van der Waals surface area contributed by atoms with Crippen LogP contribution in [0.25, 0.3) is 44.3 Å². The summed E-state index contributed by atoms with van der Waals surface area (Å²) in [6.45, 7) is 7.87. The number of likely N-dealkylation sites (N-methyl/N-ethyl adjacent to an activating group) is 1. The highest BCUT2D eigenvalue weighted by Crippen LogP contribution is 2.37. The van der Waals surface area contributed by atoms with Gasteiger partial charge in [-0.15, -0.1) is 0 Å². The van der Waals surface area contributed by atoms with Crippen LogP contribution in [0.2, 0.25) is 0 Å². The number of fused-ring (bicyclic) bond motifs is 5. The number of rotatable bonds is 2. The third kappa shape index (κ3) is 3.56. The number of hydrogen-bond donors (Lipinski definition) is 2. The van der Waals surface area contributed by atoms with E-state index in [1.165, 1.54) is 0 Å². The molecule has 5 aromatic rings. The van der Waals surface area contributed by atoms with Gasteiger partial charge < -0.3 is 9.84 Å². The van der Waals surface area contributed by atoms with Crippen LogP contribution in [0.5, 0.6) is 5.88 Å². The Morgan fingerprint density at radius 1 is 1.11 bits per heavy atom. The number of pyridine rings is 1. The van der Waals surface area contributed by atoms with Gasteiger partial charge in [-0.05, 0) is 46.0 Å². The summed E-state index contributed by atoms with van der Waals surface area (Å²) < 4.78 is 10.2. The molecule has 10 heteroatoms. The Balaban J connectivity index is 1.64. The van der Waals surface area contributed by atoms with E-state index in [2.05, 4.69) is 47.3 Å². The summed E-state index contributed by atoms with van der Waals surface area (Å²) in [5.41, 5.74) is 8.17. The van der Waals surface area contributed by atoms with Crippen LogP contribution < -0.4 is 4.74 Å². The number of aliphatic hydroxyl groups is 1. The zero-order chi connectivity index (χ0) is 25.1. The van der Waals surface area contributed by atoms with Gasteiger partial charge in [-0.25, -0.2) is 4.68 Å². The van der Waals surface area contributed by atoms with Crippen molar-refractivity contribution in [2.24, 2.45) is 7.05 Å². The second-order valence-electron chi connectivity index (χ2n) is 9.73. The zero-order valence-corrected chi connectivity index (χ0v) is 21.2. The van der Waals surface area contributed by atoms with Gasteiger partial charge in [0.25, 0.3) is 0 Å². The Labute approximate surface area is 208 Å². The van der Waals surface area contributed by atoms with Crippen molar-refractivity contribution in [3.63, 3.8) is 0 Å². The first-order valence-corrected chi connectivity index (χ1v) is 12.2. The molecule has 0 amide bonds. The lowest BCUT2D eigenvalue weighted by atomic mass is 10.0. The largest absolute Gasteiger partial charge is 0.473 e. The zero-order valence-electron chi connectivity index (χ0n) is 21.2. The Bertz CT molecular complexity index is 1610. The maximum Gasteiger partial charge on any atom is 0.221 e. The van der Waals surface area contributed by atoms with E-state index in [4.69, 9.17) is 19.9 Å². The molecular weight excluding hydrogens is 456 g/mol. The molecule has 0 radical (unpaired) electrons. The molecule has 6 rings (SSSR count). The minimum atomic E-state index is -0.0981. The van der Waals surface area contributed by atoms with Crippen molar-refractivity contribution in [2.45, 2.75) is 40.0 Å². The lowest BCUT2D eigenvalue weighted by Gasteiger charge is -2.23. The van der Waals surface area contributed by atoms with Gasteiger partial charge in [-0.2, -0.15) is 15.3 Å². The molecule has 4 bridgehead atoms. The summed E-state index contributed by atoms with van der Waals surface area (Å²) in [5.74, 6) is 0.702. The van der Waals surface area contributed by atoms with E-state index in [1.807, 2.05) is 31.6 Å². The number of nitrogens with zero attached hydrogens (tertiary/aromatic N) is 7. The van der Waals surface area contributed by atoms with Crippen LogP contribution in [0.4, 0.5) is 0 Å². The molecule has 1 atom stereocenters. The number of aliphatic hydroxyl groups excluding tert-OH is 1. The highest BCUT2D eigenvalue weighted by molar-refractivity contribution is 5.98. The van der Waals surface area contributed by atoms with E-state index in [1.54, 1.807) is 4.68 Å². The summed E-state index contributed by atoms with van der Waals surface area (Å²) in [6, 6.07) is 8.32. The van der Waals surface area contributed by atoms with Gasteiger partial charge in [-0.3, -0.25) is 19.7 Å². The van der Waals surface area contributed by atoms with Gasteiger partial charge in [0.2, 0.25) is 5.88 Å². The average molecular weight is 487 g/mol. The Morgan fingerprint density at radius 3 is 2.75 bits per heavy atom. The number of benzene rings is 1. The van der Waals surface area contributed by atoms with Gasteiger partial charge in [0.15, 0.2) is 0 Å². The number of aryl methyl sites for hydroxylation is 3. The molecule has 0 unspecified atom stereocenters. The van der Waals surface area contributed by atoms with Crippen molar-refractivity contribution in [1.82, 2.24) is 39.6 Å². The lowest BCUT2D eigenvalue weighted by molar-refractivity contribution is 0.147. The number of ether oxygens (including phenoxy) is 1. The van der Waals surface area contributed by atoms with E-state index < -0.39 is 0 Å². The van der Waals surface area contributed by atoms with E-state index in [-0.39, 0.29) is 12.7 Å². The molecule has 10 nitrogen and oxygen atoms in total. The molecule has 0 saturated heterocycles. The predicted octanol–water partition coefficient (Wildman–Crippen LogP) is 3.20. The summed E-state index contributed by atoms with van der Waals surface area (Å²) in [5, 5.41) is 29.1. The minimum Gasteiger partial charge on any atom is -0.473 e. The molecule has 186 valence electrons. The van der Waals surface area contributed by atoms with Crippen molar-refractivity contribution in [2.75, 3.05) is 20.2 Å². The first kappa shape index (κ1) is 22.7. The highest BCUT2D eigenvalue weighted by atomic mass is 16.5. The molecule has 1 aliphatic rings. The fourth-order valence-electron chi connectivity index (χ4n) is 5.35. The monoisotopic (exact) mass is 486 g/mol. The molecule has 5 heterocycles. The standard InChI is InChI=1S/C26H30N8O2/c1-14-12-32(4)13-22-18-10-17(6-7-20(18)31-34(22)8-9-35)25-19-11-21(27-16(3)24(19)28-29-25)23-15(2)30-33(5)26(23)36-14/h6-7,10-11,14,35H,8-9,12-13H2,1-5H3,(H,28,29)/t14-/m0/s1. The topological polar surface area (TPSA) is 110 Å². The maximum absolute atomic E-state index is 9.67. The predicted molar refractivity (Wildman–Crippen MR) is 138 cm³/mol. The third-order valence-electron chi connectivity index (χ3n) is 6.89. The van der Waals surface area contributed by atoms with E-state index >= 15 is 0 Å². The highest BCUT2D eigenvalue weighted by Gasteiger charge is 2.24. The van der Waals surface area contributed by atoms with Crippen molar-refractivity contribution in [3.05, 3.63) is 41.3 Å². The Hall–Kier alpha value is -3.76. The molecular formula is C26H30N8O2. The fourth-order valence-corrected chi connectivity index (χ4v) is 5.35. The fraction of sp³-hybridized carbons (Fsp3) is 0.385. The van der Waals surface area contributed by atoms with Crippen molar-refractivity contribution in [3.8, 4) is 28.4 Å². The van der Waals surface area contributed by atoms with Crippen LogP contribution >= 0.6 is 0 Å². The SMILES string of the molecule is Cc1nn(C)c2c1-c1cc3c(n[nH]c3c(C)n1)-c1ccc3nn(CCO)c(c3c1)CN(C)C[C@H](C)O2. The van der Waals surface area contributed by atoms with E-state index in [0.717, 1.165) is 61.4 Å². The van der Waals surface area contributed by atoms with E-state index in [9.17, 15) is 5.11 Å². The maximum atomic E-state index is 9.67. The number of hydrogen-bond acceptors (Lipinski definition) is 7. The molecule has 0 fully saturated rings. The van der Waals surface area contributed by atoms with E-state index in [0.29, 0.717) is 25.5 Å². The molecule has 1 aromatic carbocycles. The normalized spacial score (nSPS) is 16.4. The second kappa shape index (κ2) is 8.42. The summed E-state index contributed by atoms with van der Waals surface area (Å²) in [4.78, 5) is 7.14. The minimum absolute atomic E-state index is 0.0265. The quantitative estimate of drug-likeness (QED) is 0.394. The number of H-pyrrole nitrogens is 1. The van der Waals surface area contributed by atoms with Crippen LogP contribution in [0.3, 0.4) is 0 Å². The van der Waals surface area contributed by atoms with Crippen LogP contribution in [-0.2, 0) is 20.1 Å². The third-order valence-corrected chi connectivity index (χ3v) is 6.89. The first-order chi connectivity index (χ1) is 17.3. The van der Waals surface area contributed by atoms with Crippen LogP contribution in [0, 0.1) is 13.8 Å². The van der Waals surface area contributed by atoms with Crippen molar-refractivity contribution < 1.29 is 9.84 Å². The van der Waals surface area contributed by atoms with Gasteiger partial charge in [0.05, 0.1) is 52.5 Å². The Morgan fingerprint density at radius 2 is 1.94 bits per heavy atom. The molecule has 0 aliphatic carbocycles. The smallest absolute Gasteiger partial charge is 0.221 e. The molecule has 2 N–H and O–H groups in total. The van der Waals surface area contributed by atoms with Gasteiger partial charge in [0.1, 0.15) is 11.8 Å². The lowest BCUT2D eigenvalue weighted by Crippen LogP contribution is -2.32. The van der Waals surface area contributed by atoms with Crippen LogP contribution in [0.15, 0.2) is 24.3 Å². The average Bonchev–Trinajstić information content (AvgIpc) is 3.47. The van der Waals surface area contributed by atoms with Gasteiger partial charge in [-0.1, -0.05) is 6.07 Å². The Kier molecular flexibility index (Phi) is 5.31. The number of aromatic amines is 1. The summed E-state index contributed by atoms with van der Waals surface area (Å²) >= 11 is 0. The number of nitrogens with one attached hydrogen (secondary N) is 1. The van der Waals surface area contributed by atoms with Crippen LogP contribution in [-0.4, -0.2) is 71.1 Å².